The van der Waals surface area contributed by atoms with E-state index in [1.807, 2.05) is 6.07 Å². The van der Waals surface area contributed by atoms with E-state index in [1.54, 1.807) is 42.6 Å². The van der Waals surface area contributed by atoms with E-state index < -0.39 is 5.97 Å². The Bertz CT molecular complexity index is 668. The van der Waals surface area contributed by atoms with Crippen LogP contribution in [0.25, 0.3) is 0 Å². The minimum atomic E-state index is -0.961. The minimum absolute atomic E-state index is 0.228. The van der Waals surface area contributed by atoms with Gasteiger partial charge in [-0.25, -0.2) is 4.79 Å². The molecule has 0 unspecified atom stereocenters. The van der Waals surface area contributed by atoms with E-state index in [4.69, 9.17) is 10.4 Å². The number of rotatable bonds is 4. The Balaban J connectivity index is 1.98. The molecule has 98 valence electrons. The Kier molecular flexibility index (Phi) is 4.10. The van der Waals surface area contributed by atoms with Crippen LogP contribution in [0.15, 0.2) is 53.6 Å². The highest BCUT2D eigenvalue weighted by Gasteiger charge is 2.00. The van der Waals surface area contributed by atoms with Gasteiger partial charge in [0.25, 0.3) is 0 Å². The summed E-state index contributed by atoms with van der Waals surface area (Å²) < 4.78 is 0. The van der Waals surface area contributed by atoms with Gasteiger partial charge in [0.05, 0.1) is 29.1 Å². The maximum absolute atomic E-state index is 10.7. The van der Waals surface area contributed by atoms with Crippen molar-refractivity contribution in [2.45, 2.75) is 0 Å². The maximum atomic E-state index is 10.7. The molecule has 2 aromatic rings. The van der Waals surface area contributed by atoms with Crippen molar-refractivity contribution in [1.29, 1.82) is 5.26 Å². The van der Waals surface area contributed by atoms with Gasteiger partial charge in [0.1, 0.15) is 0 Å². The monoisotopic (exact) mass is 265 g/mol. The lowest BCUT2D eigenvalue weighted by atomic mass is 10.2. The van der Waals surface area contributed by atoms with Crippen LogP contribution < -0.4 is 5.43 Å². The van der Waals surface area contributed by atoms with Gasteiger partial charge in [-0.3, -0.25) is 5.43 Å². The topological polar surface area (TPSA) is 85.5 Å². The molecule has 0 radical (unpaired) electrons. The van der Waals surface area contributed by atoms with Crippen molar-refractivity contribution in [1.82, 2.24) is 0 Å². The van der Waals surface area contributed by atoms with Crippen LogP contribution in [-0.4, -0.2) is 17.3 Å². The number of nitrogens with one attached hydrogen (secondary N) is 1. The van der Waals surface area contributed by atoms with Crippen molar-refractivity contribution >= 4 is 17.9 Å². The van der Waals surface area contributed by atoms with Crippen LogP contribution in [0.2, 0.25) is 0 Å². The van der Waals surface area contributed by atoms with Crippen LogP contribution in [0.4, 0.5) is 5.69 Å². The number of benzene rings is 2. The number of carbonyl (C=O) groups is 1. The van der Waals surface area contributed by atoms with E-state index in [0.29, 0.717) is 11.3 Å². The third-order valence-corrected chi connectivity index (χ3v) is 2.58. The number of hydrogen-bond acceptors (Lipinski definition) is 4. The quantitative estimate of drug-likeness (QED) is 0.657. The highest BCUT2D eigenvalue weighted by Crippen LogP contribution is 2.09. The van der Waals surface area contributed by atoms with Crippen LogP contribution in [0.5, 0.6) is 0 Å². The van der Waals surface area contributed by atoms with Gasteiger partial charge in [-0.15, -0.1) is 0 Å². The molecule has 5 heteroatoms. The van der Waals surface area contributed by atoms with E-state index in [9.17, 15) is 4.79 Å². The molecule has 2 aromatic carbocycles. The first-order valence-corrected chi connectivity index (χ1v) is 5.81. The number of nitriles is 1. The Labute approximate surface area is 115 Å². The van der Waals surface area contributed by atoms with Gasteiger partial charge in [0, 0.05) is 0 Å². The molecule has 2 rings (SSSR count). The zero-order chi connectivity index (χ0) is 14.4. The molecular weight excluding hydrogens is 254 g/mol. The van der Waals surface area contributed by atoms with Crippen LogP contribution in [-0.2, 0) is 0 Å². The number of carboxylic acids is 1. The first-order valence-electron chi connectivity index (χ1n) is 5.81. The third kappa shape index (κ3) is 3.43. The summed E-state index contributed by atoms with van der Waals surface area (Å²) in [5.41, 5.74) is 5.18. The second-order valence-electron chi connectivity index (χ2n) is 3.99. The first kappa shape index (κ1) is 13.3. The fourth-order valence-electron chi connectivity index (χ4n) is 1.51. The molecule has 0 aliphatic heterocycles. The highest BCUT2D eigenvalue weighted by atomic mass is 16.4. The Morgan fingerprint density at radius 1 is 1.15 bits per heavy atom. The number of hydrazone groups is 1. The Morgan fingerprint density at radius 3 is 2.35 bits per heavy atom. The van der Waals surface area contributed by atoms with Gasteiger partial charge in [-0.05, 0) is 42.0 Å². The summed E-state index contributed by atoms with van der Waals surface area (Å²) in [5.74, 6) is -0.961. The number of anilines is 1. The summed E-state index contributed by atoms with van der Waals surface area (Å²) in [7, 11) is 0. The SMILES string of the molecule is N#Cc1ccc(C=NNc2ccc(C(=O)O)cc2)cc1. The zero-order valence-corrected chi connectivity index (χ0v) is 10.4. The zero-order valence-electron chi connectivity index (χ0n) is 10.4. The van der Waals surface area contributed by atoms with Crippen molar-refractivity contribution in [2.75, 3.05) is 5.43 Å². The molecule has 2 N–H and O–H groups in total. The Hall–Kier alpha value is -3.13. The Morgan fingerprint density at radius 2 is 1.80 bits per heavy atom. The molecule has 0 saturated carbocycles. The van der Waals surface area contributed by atoms with E-state index in [0.717, 1.165) is 5.56 Å². The summed E-state index contributed by atoms with van der Waals surface area (Å²) in [6.45, 7) is 0. The maximum Gasteiger partial charge on any atom is 0.335 e. The van der Waals surface area contributed by atoms with E-state index >= 15 is 0 Å². The van der Waals surface area contributed by atoms with Crippen LogP contribution in [0.1, 0.15) is 21.5 Å². The average molecular weight is 265 g/mol. The lowest BCUT2D eigenvalue weighted by Gasteiger charge is -2.00. The van der Waals surface area contributed by atoms with Crippen molar-refractivity contribution in [3.05, 3.63) is 65.2 Å². The van der Waals surface area contributed by atoms with Crippen LogP contribution >= 0.6 is 0 Å². The molecule has 0 bridgehead atoms. The standard InChI is InChI=1S/C15H11N3O2/c16-9-11-1-3-12(4-2-11)10-17-18-14-7-5-13(6-8-14)15(19)20/h1-8,10,18H,(H,19,20). The predicted molar refractivity (Wildman–Crippen MR) is 75.8 cm³/mol. The van der Waals surface area contributed by atoms with E-state index in [1.165, 1.54) is 12.1 Å². The summed E-state index contributed by atoms with van der Waals surface area (Å²) in [4.78, 5) is 10.7. The van der Waals surface area contributed by atoms with Crippen molar-refractivity contribution in [2.24, 2.45) is 5.10 Å². The molecule has 0 aliphatic carbocycles. The van der Waals surface area contributed by atoms with Gasteiger partial charge in [0.2, 0.25) is 0 Å². The average Bonchev–Trinajstić information content (AvgIpc) is 2.48. The first-order chi connectivity index (χ1) is 9.69. The fourth-order valence-corrected chi connectivity index (χ4v) is 1.51. The summed E-state index contributed by atoms with van der Waals surface area (Å²) in [5, 5.41) is 21.5. The van der Waals surface area contributed by atoms with Gasteiger partial charge in [-0.2, -0.15) is 10.4 Å². The summed E-state index contributed by atoms with van der Waals surface area (Å²) in [6, 6.07) is 15.3. The molecule has 0 atom stereocenters. The molecule has 0 saturated heterocycles. The predicted octanol–water partition coefficient (Wildman–Crippen LogP) is 2.70. The molecule has 0 aromatic heterocycles. The lowest BCUT2D eigenvalue weighted by molar-refractivity contribution is 0.0697. The molecule has 0 heterocycles. The molecular formula is C15H11N3O2. The largest absolute Gasteiger partial charge is 0.478 e. The smallest absolute Gasteiger partial charge is 0.335 e. The number of nitrogens with zero attached hydrogens (tertiary/aromatic N) is 2. The van der Waals surface area contributed by atoms with E-state index in [2.05, 4.69) is 10.5 Å². The summed E-state index contributed by atoms with van der Waals surface area (Å²) in [6.07, 6.45) is 1.62. The van der Waals surface area contributed by atoms with Crippen molar-refractivity contribution in [3.63, 3.8) is 0 Å². The minimum Gasteiger partial charge on any atom is -0.478 e. The second kappa shape index (κ2) is 6.16. The van der Waals surface area contributed by atoms with Gasteiger partial charge in [0.15, 0.2) is 0 Å². The van der Waals surface area contributed by atoms with Crippen LogP contribution in [0, 0.1) is 11.3 Å². The van der Waals surface area contributed by atoms with Crippen molar-refractivity contribution in [3.8, 4) is 6.07 Å². The lowest BCUT2D eigenvalue weighted by Crippen LogP contribution is -1.96. The molecule has 20 heavy (non-hydrogen) atoms. The summed E-state index contributed by atoms with van der Waals surface area (Å²) >= 11 is 0. The van der Waals surface area contributed by atoms with Gasteiger partial charge >= 0.3 is 5.97 Å². The number of carboxylic acid groups (broad SMARTS) is 1. The molecule has 0 spiro atoms. The van der Waals surface area contributed by atoms with Crippen LogP contribution in [0.3, 0.4) is 0 Å². The highest BCUT2D eigenvalue weighted by molar-refractivity contribution is 5.88. The number of aromatic carboxylic acids is 1. The fraction of sp³-hybridized carbons (Fsp3) is 0. The normalized spacial score (nSPS) is 10.2. The molecule has 0 fully saturated rings. The second-order valence-corrected chi connectivity index (χ2v) is 3.99. The van der Waals surface area contributed by atoms with Crippen molar-refractivity contribution < 1.29 is 9.90 Å². The van der Waals surface area contributed by atoms with E-state index in [-0.39, 0.29) is 5.56 Å². The molecule has 0 aliphatic rings. The third-order valence-electron chi connectivity index (χ3n) is 2.58. The van der Waals surface area contributed by atoms with Gasteiger partial charge < -0.3 is 5.11 Å². The number of hydrogen-bond donors (Lipinski definition) is 2. The van der Waals surface area contributed by atoms with Gasteiger partial charge in [-0.1, -0.05) is 12.1 Å². The molecule has 0 amide bonds. The molecule has 5 nitrogen and oxygen atoms in total.